The van der Waals surface area contributed by atoms with Gasteiger partial charge in [0.05, 0.1) is 26.2 Å². The maximum atomic E-state index is 11.0. The Morgan fingerprint density at radius 2 is 1.82 bits per heavy atom. The average Bonchev–Trinajstić information content (AvgIpc) is 2.54. The van der Waals surface area contributed by atoms with E-state index in [2.05, 4.69) is 50.8 Å². The van der Waals surface area contributed by atoms with Crippen LogP contribution in [-0.4, -0.2) is 36.7 Å². The lowest BCUT2D eigenvalue weighted by Gasteiger charge is -2.37. The highest BCUT2D eigenvalue weighted by atomic mass is 127. The van der Waals surface area contributed by atoms with Crippen LogP contribution in [0.3, 0.4) is 0 Å². The van der Waals surface area contributed by atoms with Crippen LogP contribution >= 0.6 is 0 Å². The fourth-order valence-electron chi connectivity index (χ4n) is 2.59. The van der Waals surface area contributed by atoms with Crippen LogP contribution in [0.4, 0.5) is 0 Å². The van der Waals surface area contributed by atoms with Crippen molar-refractivity contribution < 1.29 is 38.0 Å². The van der Waals surface area contributed by atoms with E-state index in [0.717, 1.165) is 43.5 Å². The number of carbonyl (C=O) groups excluding carboxylic acids is 1. The molecule has 0 amide bonds. The number of unbranched alkanes of at least 4 members (excludes halogenated alkanes) is 1. The van der Waals surface area contributed by atoms with Gasteiger partial charge in [-0.05, 0) is 26.7 Å². The largest absolute Gasteiger partial charge is 1.00 e. The van der Waals surface area contributed by atoms with E-state index < -0.39 is 0 Å². The maximum absolute atomic E-state index is 11.0. The van der Waals surface area contributed by atoms with Gasteiger partial charge in [0.15, 0.2) is 0 Å². The summed E-state index contributed by atoms with van der Waals surface area (Å²) in [7, 11) is 0. The molecule has 0 aromatic heterocycles. The number of halogens is 1. The minimum absolute atomic E-state index is 0. The quantitative estimate of drug-likeness (QED) is 0.183. The van der Waals surface area contributed by atoms with Gasteiger partial charge >= 0.3 is 5.97 Å². The lowest BCUT2D eigenvalue weighted by atomic mass is 10.1. The summed E-state index contributed by atoms with van der Waals surface area (Å²) < 4.78 is 6.11. The Labute approximate surface area is 152 Å². The number of esters is 1. The van der Waals surface area contributed by atoms with Crippen LogP contribution in [0.15, 0.2) is 43.0 Å². The van der Waals surface area contributed by atoms with E-state index in [1.54, 1.807) is 0 Å². The Kier molecular flexibility index (Phi) is 11.2. The van der Waals surface area contributed by atoms with E-state index in [0.29, 0.717) is 6.61 Å². The van der Waals surface area contributed by atoms with Crippen molar-refractivity contribution in [2.24, 2.45) is 0 Å². The molecule has 0 aliphatic carbocycles. The lowest BCUT2D eigenvalue weighted by molar-refractivity contribution is -0.938. The van der Waals surface area contributed by atoms with Crippen molar-refractivity contribution in [3.05, 3.63) is 48.6 Å². The van der Waals surface area contributed by atoms with Crippen LogP contribution in [0.25, 0.3) is 0 Å². The van der Waals surface area contributed by atoms with Crippen LogP contribution in [-0.2, 0) is 16.1 Å². The molecule has 22 heavy (non-hydrogen) atoms. The van der Waals surface area contributed by atoms with Gasteiger partial charge < -0.3 is 33.2 Å². The number of quaternary nitrogens is 1. The molecule has 3 nitrogen and oxygen atoms in total. The van der Waals surface area contributed by atoms with E-state index in [-0.39, 0.29) is 29.9 Å². The molecular weight excluding hydrogens is 389 g/mol. The normalized spacial score (nSPS) is 10.6. The molecular formula is C18H28INO2. The maximum Gasteiger partial charge on any atom is 0.330 e. The third kappa shape index (κ3) is 7.40. The van der Waals surface area contributed by atoms with Crippen molar-refractivity contribution in [1.82, 2.24) is 0 Å². The fraction of sp³-hybridized carbons (Fsp3) is 0.500. The Balaban J connectivity index is 0.00000441. The second-order valence-electron chi connectivity index (χ2n) is 5.42. The molecule has 0 saturated carbocycles. The summed E-state index contributed by atoms with van der Waals surface area (Å²) in [4.78, 5) is 11.0. The van der Waals surface area contributed by atoms with E-state index >= 15 is 0 Å². The summed E-state index contributed by atoms with van der Waals surface area (Å²) in [5.74, 6) is -0.328. The second kappa shape index (κ2) is 11.7. The van der Waals surface area contributed by atoms with Gasteiger partial charge in [-0.2, -0.15) is 0 Å². The van der Waals surface area contributed by atoms with Gasteiger partial charge in [-0.15, -0.1) is 0 Å². The van der Waals surface area contributed by atoms with Crippen molar-refractivity contribution in [3.63, 3.8) is 0 Å². The Hall–Kier alpha value is -0.880. The monoisotopic (exact) mass is 417 g/mol. The van der Waals surface area contributed by atoms with Crippen LogP contribution in [0.2, 0.25) is 0 Å². The zero-order valence-corrected chi connectivity index (χ0v) is 15.9. The summed E-state index contributed by atoms with van der Waals surface area (Å²) in [5, 5.41) is 0. The summed E-state index contributed by atoms with van der Waals surface area (Å²) in [6.07, 6.45) is 3.20. The van der Waals surface area contributed by atoms with E-state index in [4.69, 9.17) is 4.74 Å². The van der Waals surface area contributed by atoms with Crippen LogP contribution in [0, 0.1) is 0 Å². The van der Waals surface area contributed by atoms with Crippen LogP contribution in [0.1, 0.15) is 32.3 Å². The van der Waals surface area contributed by atoms with Crippen molar-refractivity contribution in [3.8, 4) is 0 Å². The Morgan fingerprint density at radius 1 is 1.18 bits per heavy atom. The van der Waals surface area contributed by atoms with Crippen molar-refractivity contribution in [2.45, 2.75) is 33.2 Å². The van der Waals surface area contributed by atoms with Crippen molar-refractivity contribution in [1.29, 1.82) is 0 Å². The average molecular weight is 417 g/mol. The van der Waals surface area contributed by atoms with Gasteiger partial charge in [0.25, 0.3) is 0 Å². The molecule has 0 atom stereocenters. The van der Waals surface area contributed by atoms with Crippen LogP contribution in [0.5, 0.6) is 0 Å². The smallest absolute Gasteiger partial charge is 0.330 e. The summed E-state index contributed by atoms with van der Waals surface area (Å²) in [5.41, 5.74) is 1.39. The molecule has 0 bridgehead atoms. The predicted molar refractivity (Wildman–Crippen MR) is 86.7 cm³/mol. The molecule has 0 spiro atoms. The molecule has 124 valence electrons. The fourth-order valence-corrected chi connectivity index (χ4v) is 2.59. The highest BCUT2D eigenvalue weighted by Gasteiger charge is 2.23. The van der Waals surface area contributed by atoms with Crippen molar-refractivity contribution >= 4 is 5.97 Å². The third-order valence-electron chi connectivity index (χ3n) is 4.14. The number of rotatable bonds is 10. The van der Waals surface area contributed by atoms with Crippen LogP contribution < -0.4 is 24.0 Å². The van der Waals surface area contributed by atoms with E-state index in [9.17, 15) is 4.79 Å². The molecule has 0 aliphatic heterocycles. The molecule has 0 aliphatic rings. The first-order valence-electron chi connectivity index (χ1n) is 7.84. The van der Waals surface area contributed by atoms with Crippen molar-refractivity contribution in [2.75, 3.05) is 26.2 Å². The summed E-state index contributed by atoms with van der Waals surface area (Å²) in [6, 6.07) is 10.7. The minimum Gasteiger partial charge on any atom is -1.00 e. The lowest BCUT2D eigenvalue weighted by Crippen LogP contribution is -3.00. The molecule has 4 heteroatoms. The molecule has 0 saturated heterocycles. The number of carbonyl (C=O) groups is 1. The highest BCUT2D eigenvalue weighted by molar-refractivity contribution is 5.81. The number of hydrogen-bond donors (Lipinski definition) is 0. The minimum atomic E-state index is -0.328. The highest BCUT2D eigenvalue weighted by Crippen LogP contribution is 2.16. The predicted octanol–water partition coefficient (Wildman–Crippen LogP) is 0.557. The summed E-state index contributed by atoms with van der Waals surface area (Å²) in [6.45, 7) is 12.8. The topological polar surface area (TPSA) is 26.3 Å². The molecule has 0 radical (unpaired) electrons. The molecule has 0 N–H and O–H groups in total. The standard InChI is InChI=1S/C18H28NO2.HI/c1-4-18(20)21-15-11-10-14-19(5-2,6-3)16-17-12-8-7-9-13-17;/h4,7-9,12-13H,1,5-6,10-11,14-16H2,2-3H3;1H/q+1;/p-1. The first-order chi connectivity index (χ1) is 10.2. The Bertz CT molecular complexity index is 430. The molecule has 0 heterocycles. The molecule has 1 rings (SSSR count). The zero-order chi connectivity index (χ0) is 15.6. The number of hydrogen-bond acceptors (Lipinski definition) is 2. The number of ether oxygens (including phenoxy) is 1. The van der Waals surface area contributed by atoms with Gasteiger partial charge in [0.2, 0.25) is 0 Å². The number of benzene rings is 1. The van der Waals surface area contributed by atoms with E-state index in [1.165, 1.54) is 11.6 Å². The number of nitrogens with zero attached hydrogens (tertiary/aromatic N) is 1. The van der Waals surface area contributed by atoms with Gasteiger partial charge in [0.1, 0.15) is 6.54 Å². The Morgan fingerprint density at radius 3 is 2.36 bits per heavy atom. The first kappa shape index (κ1) is 21.1. The SMILES string of the molecule is C=CC(=O)OCCCC[N+](CC)(CC)Cc1ccccc1.[I-]. The summed E-state index contributed by atoms with van der Waals surface area (Å²) >= 11 is 0. The van der Waals surface area contributed by atoms with Gasteiger partial charge in [0, 0.05) is 11.6 Å². The second-order valence-corrected chi connectivity index (χ2v) is 5.42. The van der Waals surface area contributed by atoms with Gasteiger partial charge in [-0.3, -0.25) is 0 Å². The molecule has 0 fully saturated rings. The molecule has 1 aromatic rings. The third-order valence-corrected chi connectivity index (χ3v) is 4.14. The van der Waals surface area contributed by atoms with Gasteiger partial charge in [-0.1, -0.05) is 36.9 Å². The molecule has 0 unspecified atom stereocenters. The van der Waals surface area contributed by atoms with E-state index in [1.807, 2.05) is 0 Å². The zero-order valence-electron chi connectivity index (χ0n) is 13.8. The van der Waals surface area contributed by atoms with Gasteiger partial charge in [-0.25, -0.2) is 4.79 Å². The first-order valence-corrected chi connectivity index (χ1v) is 7.84. The molecule has 1 aromatic carbocycles.